The van der Waals surface area contributed by atoms with Crippen molar-refractivity contribution in [2.24, 2.45) is 0 Å². The van der Waals surface area contributed by atoms with Gasteiger partial charge in [0.2, 0.25) is 0 Å². The van der Waals surface area contributed by atoms with E-state index in [-0.39, 0.29) is 18.3 Å². The SMILES string of the molecule is Cl.O=C(c1ccc2c(c1)CNC2)N1CCCC1Cc1ccccc1. The summed E-state index contributed by atoms with van der Waals surface area (Å²) in [6.45, 7) is 2.68. The van der Waals surface area contributed by atoms with Crippen molar-refractivity contribution in [1.29, 1.82) is 0 Å². The lowest BCUT2D eigenvalue weighted by atomic mass is 10.0. The molecule has 1 atom stereocenters. The first kappa shape index (κ1) is 17.0. The van der Waals surface area contributed by atoms with E-state index < -0.39 is 0 Å². The van der Waals surface area contributed by atoms with Crippen LogP contribution in [0.3, 0.4) is 0 Å². The van der Waals surface area contributed by atoms with Gasteiger partial charge in [0.15, 0.2) is 0 Å². The van der Waals surface area contributed by atoms with Crippen LogP contribution in [0.15, 0.2) is 48.5 Å². The highest BCUT2D eigenvalue weighted by Crippen LogP contribution is 2.25. The molecular formula is C20H23ClN2O. The molecule has 0 spiro atoms. The number of carbonyl (C=O) groups excluding carboxylic acids is 1. The van der Waals surface area contributed by atoms with Crippen molar-refractivity contribution in [3.63, 3.8) is 0 Å². The molecule has 0 bridgehead atoms. The average molecular weight is 343 g/mol. The predicted octanol–water partition coefficient (Wildman–Crippen LogP) is 3.56. The molecule has 4 rings (SSSR count). The Morgan fingerprint density at radius 3 is 2.71 bits per heavy atom. The molecule has 0 radical (unpaired) electrons. The number of nitrogens with zero attached hydrogens (tertiary/aromatic N) is 1. The molecule has 126 valence electrons. The molecule has 1 fully saturated rings. The third-order valence-electron chi connectivity index (χ3n) is 5.04. The summed E-state index contributed by atoms with van der Waals surface area (Å²) in [5.74, 6) is 0.193. The van der Waals surface area contributed by atoms with E-state index in [9.17, 15) is 4.79 Å². The van der Waals surface area contributed by atoms with Gasteiger partial charge in [-0.2, -0.15) is 0 Å². The summed E-state index contributed by atoms with van der Waals surface area (Å²) >= 11 is 0. The topological polar surface area (TPSA) is 32.3 Å². The number of carbonyl (C=O) groups is 1. The van der Waals surface area contributed by atoms with Crippen molar-refractivity contribution in [3.05, 3.63) is 70.8 Å². The second-order valence-corrected chi connectivity index (χ2v) is 6.57. The van der Waals surface area contributed by atoms with Gasteiger partial charge >= 0.3 is 0 Å². The smallest absolute Gasteiger partial charge is 0.254 e. The first-order chi connectivity index (χ1) is 11.3. The van der Waals surface area contributed by atoms with Gasteiger partial charge in [-0.05, 0) is 48.1 Å². The van der Waals surface area contributed by atoms with E-state index in [2.05, 4.69) is 46.6 Å². The average Bonchev–Trinajstić information content (AvgIpc) is 3.23. The Bertz CT molecular complexity index is 717. The minimum absolute atomic E-state index is 0. The van der Waals surface area contributed by atoms with Gasteiger partial charge in [-0.15, -0.1) is 12.4 Å². The fourth-order valence-electron chi connectivity index (χ4n) is 3.80. The Kier molecular flexibility index (Phi) is 5.22. The maximum absolute atomic E-state index is 13.0. The summed E-state index contributed by atoms with van der Waals surface area (Å²) in [6.07, 6.45) is 3.17. The van der Waals surface area contributed by atoms with Crippen molar-refractivity contribution in [3.8, 4) is 0 Å². The Labute approximate surface area is 149 Å². The molecule has 1 N–H and O–H groups in total. The minimum atomic E-state index is 0. The summed E-state index contributed by atoms with van der Waals surface area (Å²) in [5.41, 5.74) is 4.75. The Hall–Kier alpha value is -1.84. The zero-order chi connectivity index (χ0) is 15.6. The third kappa shape index (κ3) is 3.33. The molecule has 3 nitrogen and oxygen atoms in total. The molecule has 24 heavy (non-hydrogen) atoms. The number of likely N-dealkylation sites (tertiary alicyclic amines) is 1. The summed E-state index contributed by atoms with van der Waals surface area (Å²) in [6, 6.07) is 17.0. The van der Waals surface area contributed by atoms with Crippen LogP contribution in [0.25, 0.3) is 0 Å². The van der Waals surface area contributed by atoms with Crippen molar-refractivity contribution < 1.29 is 4.79 Å². The van der Waals surface area contributed by atoms with Crippen LogP contribution in [0, 0.1) is 0 Å². The lowest BCUT2D eigenvalue weighted by Gasteiger charge is -2.25. The third-order valence-corrected chi connectivity index (χ3v) is 5.04. The van der Waals surface area contributed by atoms with Crippen LogP contribution in [0.4, 0.5) is 0 Å². The molecule has 2 aliphatic heterocycles. The van der Waals surface area contributed by atoms with Crippen LogP contribution in [-0.4, -0.2) is 23.4 Å². The summed E-state index contributed by atoms with van der Waals surface area (Å²) < 4.78 is 0. The molecule has 2 aromatic rings. The van der Waals surface area contributed by atoms with E-state index in [1.165, 1.54) is 16.7 Å². The first-order valence-corrected chi connectivity index (χ1v) is 8.49. The van der Waals surface area contributed by atoms with E-state index in [4.69, 9.17) is 0 Å². The molecule has 1 amide bonds. The second-order valence-electron chi connectivity index (χ2n) is 6.57. The lowest BCUT2D eigenvalue weighted by Crippen LogP contribution is -2.36. The van der Waals surface area contributed by atoms with Gasteiger partial charge in [0, 0.05) is 31.2 Å². The van der Waals surface area contributed by atoms with Crippen LogP contribution in [0.5, 0.6) is 0 Å². The molecule has 1 unspecified atom stereocenters. The van der Waals surface area contributed by atoms with Crippen molar-refractivity contribution in [2.45, 2.75) is 38.4 Å². The van der Waals surface area contributed by atoms with Crippen LogP contribution in [-0.2, 0) is 19.5 Å². The number of amides is 1. The van der Waals surface area contributed by atoms with Gasteiger partial charge in [-0.1, -0.05) is 36.4 Å². The zero-order valence-electron chi connectivity index (χ0n) is 13.7. The van der Waals surface area contributed by atoms with Crippen molar-refractivity contribution >= 4 is 18.3 Å². The molecule has 4 heteroatoms. The number of halogens is 1. The monoisotopic (exact) mass is 342 g/mol. The molecule has 1 saturated heterocycles. The van der Waals surface area contributed by atoms with Gasteiger partial charge in [-0.25, -0.2) is 0 Å². The largest absolute Gasteiger partial charge is 0.335 e. The van der Waals surface area contributed by atoms with E-state index in [0.717, 1.165) is 44.5 Å². The van der Waals surface area contributed by atoms with E-state index in [1.807, 2.05) is 12.1 Å². The van der Waals surface area contributed by atoms with Crippen LogP contribution >= 0.6 is 12.4 Å². The van der Waals surface area contributed by atoms with Gasteiger partial charge in [0.25, 0.3) is 5.91 Å². The summed E-state index contributed by atoms with van der Waals surface area (Å²) in [4.78, 5) is 15.0. The van der Waals surface area contributed by atoms with Crippen molar-refractivity contribution in [2.75, 3.05) is 6.54 Å². The van der Waals surface area contributed by atoms with Gasteiger partial charge < -0.3 is 10.2 Å². The fraction of sp³-hybridized carbons (Fsp3) is 0.350. The molecule has 0 aromatic heterocycles. The summed E-state index contributed by atoms with van der Waals surface area (Å²) in [5, 5.41) is 3.34. The quantitative estimate of drug-likeness (QED) is 0.925. The Morgan fingerprint density at radius 1 is 1.08 bits per heavy atom. The van der Waals surface area contributed by atoms with Gasteiger partial charge in [0.05, 0.1) is 0 Å². The number of hydrogen-bond acceptors (Lipinski definition) is 2. The normalized spacial score (nSPS) is 19.0. The number of hydrogen-bond donors (Lipinski definition) is 1. The van der Waals surface area contributed by atoms with Gasteiger partial charge in [0.1, 0.15) is 0 Å². The number of fused-ring (bicyclic) bond motifs is 1. The number of benzene rings is 2. The predicted molar refractivity (Wildman–Crippen MR) is 98.4 cm³/mol. The second kappa shape index (κ2) is 7.37. The van der Waals surface area contributed by atoms with Crippen LogP contribution < -0.4 is 5.32 Å². The van der Waals surface area contributed by atoms with E-state index >= 15 is 0 Å². The zero-order valence-corrected chi connectivity index (χ0v) is 14.5. The highest BCUT2D eigenvalue weighted by molar-refractivity contribution is 5.95. The highest BCUT2D eigenvalue weighted by Gasteiger charge is 2.29. The van der Waals surface area contributed by atoms with Crippen molar-refractivity contribution in [1.82, 2.24) is 10.2 Å². The summed E-state index contributed by atoms with van der Waals surface area (Å²) in [7, 11) is 0. The molecule has 2 heterocycles. The molecule has 0 saturated carbocycles. The Balaban J connectivity index is 0.00000169. The highest BCUT2D eigenvalue weighted by atomic mass is 35.5. The minimum Gasteiger partial charge on any atom is -0.335 e. The van der Waals surface area contributed by atoms with Gasteiger partial charge in [-0.3, -0.25) is 4.79 Å². The Morgan fingerprint density at radius 2 is 1.88 bits per heavy atom. The molecule has 2 aromatic carbocycles. The first-order valence-electron chi connectivity index (χ1n) is 8.49. The van der Waals surface area contributed by atoms with E-state index in [0.29, 0.717) is 6.04 Å². The van der Waals surface area contributed by atoms with E-state index in [1.54, 1.807) is 0 Å². The van der Waals surface area contributed by atoms with Crippen LogP contribution in [0.1, 0.15) is 39.9 Å². The number of rotatable bonds is 3. The molecule has 2 aliphatic rings. The molecular weight excluding hydrogens is 320 g/mol. The van der Waals surface area contributed by atoms with Crippen LogP contribution in [0.2, 0.25) is 0 Å². The number of nitrogens with one attached hydrogen (secondary N) is 1. The lowest BCUT2D eigenvalue weighted by molar-refractivity contribution is 0.0736. The molecule has 0 aliphatic carbocycles. The maximum atomic E-state index is 13.0. The maximum Gasteiger partial charge on any atom is 0.254 e. The standard InChI is InChI=1S/C20H22N2O.ClH/c23-20(16-8-9-17-13-21-14-18(17)12-16)22-10-4-7-19(22)11-15-5-2-1-3-6-15;/h1-3,5-6,8-9,12,19,21H,4,7,10-11,13-14H2;1H. The fourth-order valence-corrected chi connectivity index (χ4v) is 3.80.